The van der Waals surface area contributed by atoms with Crippen molar-refractivity contribution in [2.45, 2.75) is 39.0 Å². The Kier molecular flexibility index (Phi) is 4.98. The van der Waals surface area contributed by atoms with Crippen LogP contribution in [-0.4, -0.2) is 18.2 Å². The van der Waals surface area contributed by atoms with E-state index in [2.05, 4.69) is 12.0 Å². The molecule has 0 saturated heterocycles. The van der Waals surface area contributed by atoms with Gasteiger partial charge in [-0.3, -0.25) is 4.79 Å². The Bertz CT molecular complexity index is 789. The highest BCUT2D eigenvalue weighted by Gasteiger charge is 2.45. The summed E-state index contributed by atoms with van der Waals surface area (Å²) in [6.45, 7) is 2.19. The molecule has 0 saturated carbocycles. The van der Waals surface area contributed by atoms with Gasteiger partial charge >= 0.3 is 0 Å². The summed E-state index contributed by atoms with van der Waals surface area (Å²) in [6.07, 6.45) is 6.07. The van der Waals surface area contributed by atoms with Crippen LogP contribution in [0.15, 0.2) is 17.2 Å². The molecular weight excluding hydrogens is 361 g/mol. The molecule has 0 radical (unpaired) electrons. The quantitative estimate of drug-likeness (QED) is 0.352. The van der Waals surface area contributed by atoms with Gasteiger partial charge in [-0.05, 0) is 42.5 Å². The largest absolute Gasteiger partial charge is 0.484 e. The molecule has 0 unspecified atom stereocenters. The van der Waals surface area contributed by atoms with Crippen LogP contribution in [0.3, 0.4) is 0 Å². The van der Waals surface area contributed by atoms with Crippen molar-refractivity contribution in [2.24, 2.45) is 22.1 Å². The maximum atomic E-state index is 12.0. The predicted molar refractivity (Wildman–Crippen MR) is 101 cm³/mol. The van der Waals surface area contributed by atoms with Crippen molar-refractivity contribution in [3.8, 4) is 5.75 Å². The third-order valence-corrected chi connectivity index (χ3v) is 5.90. The monoisotopic (exact) mass is 381 g/mol. The van der Waals surface area contributed by atoms with Crippen LogP contribution in [0.1, 0.15) is 43.7 Å². The number of hydrogen-bond donors (Lipinski definition) is 2. The van der Waals surface area contributed by atoms with E-state index in [0.717, 1.165) is 42.4 Å². The second-order valence-corrected chi connectivity index (χ2v) is 7.43. The number of allylic oxidation sites excluding steroid dienone is 2. The van der Waals surface area contributed by atoms with Crippen molar-refractivity contribution in [3.63, 3.8) is 0 Å². The number of nitrogens with zero attached hydrogens (tertiary/aromatic N) is 1. The van der Waals surface area contributed by atoms with E-state index in [1.54, 1.807) is 6.08 Å². The standard InChI is InChI=1S/C18H21Cl2N3O2/c1-2-4-18-5-3-11(24)7-12(18)15-10(8-18)6-13(16(19)17(15)20)25-9-14(21)23-22/h6-7H,2-5,8-9,22H2,1H3,(H2,21,23)/t18-/m1/s1. The fourth-order valence-corrected chi connectivity index (χ4v) is 4.49. The summed E-state index contributed by atoms with van der Waals surface area (Å²) in [5, 5.41) is 4.12. The highest BCUT2D eigenvalue weighted by Crippen LogP contribution is 2.58. The summed E-state index contributed by atoms with van der Waals surface area (Å²) < 4.78 is 5.62. The lowest BCUT2D eigenvalue weighted by molar-refractivity contribution is -0.115. The Labute approximate surface area is 157 Å². The predicted octanol–water partition coefficient (Wildman–Crippen LogP) is 3.69. The lowest BCUT2D eigenvalue weighted by Gasteiger charge is -2.33. The van der Waals surface area contributed by atoms with Crippen LogP contribution in [0.4, 0.5) is 0 Å². The molecule has 1 atom stereocenters. The van der Waals surface area contributed by atoms with Crippen LogP contribution in [0.2, 0.25) is 10.0 Å². The third-order valence-electron chi connectivity index (χ3n) is 5.05. The SMILES string of the molecule is CCC[C@]12CCC(=O)C=C1c1c(cc(OCC(N)=NN)c(Cl)c1Cl)C2. The minimum atomic E-state index is -0.0334. The van der Waals surface area contributed by atoms with Gasteiger partial charge in [0, 0.05) is 17.4 Å². The van der Waals surface area contributed by atoms with Gasteiger partial charge < -0.3 is 16.3 Å². The smallest absolute Gasteiger partial charge is 0.157 e. The third kappa shape index (κ3) is 3.11. The number of amidine groups is 1. The van der Waals surface area contributed by atoms with Gasteiger partial charge in [0.05, 0.1) is 5.02 Å². The van der Waals surface area contributed by atoms with Crippen LogP contribution in [0.5, 0.6) is 5.75 Å². The zero-order valence-electron chi connectivity index (χ0n) is 14.1. The Morgan fingerprint density at radius 3 is 2.84 bits per heavy atom. The second kappa shape index (κ2) is 6.89. The van der Waals surface area contributed by atoms with Gasteiger partial charge in [-0.2, -0.15) is 5.10 Å². The molecule has 4 N–H and O–H groups in total. The molecule has 0 heterocycles. The topological polar surface area (TPSA) is 90.7 Å². The second-order valence-electron chi connectivity index (χ2n) is 6.68. The maximum Gasteiger partial charge on any atom is 0.157 e. The summed E-state index contributed by atoms with van der Waals surface area (Å²) in [6, 6.07) is 1.90. The lowest BCUT2D eigenvalue weighted by Crippen LogP contribution is -2.25. The number of nitrogens with two attached hydrogens (primary N) is 2. The summed E-state index contributed by atoms with van der Waals surface area (Å²) >= 11 is 13.0. The maximum absolute atomic E-state index is 12.0. The number of carbonyl (C=O) groups is 1. The summed E-state index contributed by atoms with van der Waals surface area (Å²) in [4.78, 5) is 12.0. The van der Waals surface area contributed by atoms with E-state index in [0.29, 0.717) is 22.2 Å². The molecule has 0 fully saturated rings. The highest BCUT2D eigenvalue weighted by atomic mass is 35.5. The van der Waals surface area contributed by atoms with E-state index in [4.69, 9.17) is 39.5 Å². The number of rotatable bonds is 5. The number of ether oxygens (including phenoxy) is 1. The van der Waals surface area contributed by atoms with E-state index >= 15 is 0 Å². The molecule has 3 rings (SSSR count). The average molecular weight is 382 g/mol. The zero-order chi connectivity index (χ0) is 18.2. The van der Waals surface area contributed by atoms with Gasteiger partial charge in [-0.1, -0.05) is 36.5 Å². The number of hydrazone groups is 1. The van der Waals surface area contributed by atoms with E-state index in [1.165, 1.54) is 0 Å². The van der Waals surface area contributed by atoms with Gasteiger partial charge in [-0.15, -0.1) is 0 Å². The molecule has 2 aliphatic carbocycles. The Morgan fingerprint density at radius 1 is 1.40 bits per heavy atom. The molecule has 1 aromatic rings. The summed E-state index contributed by atoms with van der Waals surface area (Å²) in [5.74, 6) is 5.89. The number of carbonyl (C=O) groups excluding carboxylic acids is 1. The Morgan fingerprint density at radius 2 is 2.16 bits per heavy atom. The summed E-state index contributed by atoms with van der Waals surface area (Å²) in [5.41, 5.74) is 8.51. The molecule has 134 valence electrons. The lowest BCUT2D eigenvalue weighted by atomic mass is 9.70. The van der Waals surface area contributed by atoms with Crippen molar-refractivity contribution in [1.29, 1.82) is 0 Å². The Hall–Kier alpha value is -1.72. The first kappa shape index (κ1) is 18.1. The molecule has 25 heavy (non-hydrogen) atoms. The highest BCUT2D eigenvalue weighted by molar-refractivity contribution is 6.44. The summed E-state index contributed by atoms with van der Waals surface area (Å²) in [7, 11) is 0. The normalized spacial score (nSPS) is 22.4. The number of hydrogen-bond acceptors (Lipinski definition) is 4. The fraction of sp³-hybridized carbons (Fsp3) is 0.444. The molecule has 7 heteroatoms. The minimum Gasteiger partial charge on any atom is -0.484 e. The zero-order valence-corrected chi connectivity index (χ0v) is 15.6. The van der Waals surface area contributed by atoms with E-state index in [9.17, 15) is 4.79 Å². The molecule has 0 amide bonds. The number of ketones is 1. The molecule has 0 aromatic heterocycles. The first-order chi connectivity index (χ1) is 11.9. The van der Waals surface area contributed by atoms with Crippen molar-refractivity contribution in [1.82, 2.24) is 0 Å². The van der Waals surface area contributed by atoms with Gasteiger partial charge in [0.1, 0.15) is 17.4 Å². The van der Waals surface area contributed by atoms with Crippen molar-refractivity contribution >= 4 is 40.4 Å². The first-order valence-corrected chi connectivity index (χ1v) is 9.08. The van der Waals surface area contributed by atoms with Crippen molar-refractivity contribution in [3.05, 3.63) is 33.3 Å². The van der Waals surface area contributed by atoms with Gasteiger partial charge in [0.25, 0.3) is 0 Å². The number of fused-ring (bicyclic) bond motifs is 3. The van der Waals surface area contributed by atoms with Crippen LogP contribution in [-0.2, 0) is 11.2 Å². The van der Waals surface area contributed by atoms with Crippen LogP contribution >= 0.6 is 23.2 Å². The van der Waals surface area contributed by atoms with Crippen LogP contribution < -0.4 is 16.3 Å². The molecular formula is C18H21Cl2N3O2. The molecule has 0 aliphatic heterocycles. The van der Waals surface area contributed by atoms with Crippen LogP contribution in [0.25, 0.3) is 5.57 Å². The van der Waals surface area contributed by atoms with Gasteiger partial charge in [-0.25, -0.2) is 0 Å². The van der Waals surface area contributed by atoms with Crippen molar-refractivity contribution in [2.75, 3.05) is 6.61 Å². The molecule has 0 bridgehead atoms. The molecule has 2 aliphatic rings. The van der Waals surface area contributed by atoms with Crippen molar-refractivity contribution < 1.29 is 9.53 Å². The average Bonchev–Trinajstić information content (AvgIpc) is 2.90. The molecule has 0 spiro atoms. The van der Waals surface area contributed by atoms with E-state index in [1.807, 2.05) is 6.07 Å². The van der Waals surface area contributed by atoms with E-state index < -0.39 is 0 Å². The minimum absolute atomic E-state index is 0.0334. The number of benzene rings is 1. The van der Waals surface area contributed by atoms with Gasteiger partial charge in [0.2, 0.25) is 0 Å². The van der Waals surface area contributed by atoms with Crippen LogP contribution in [0, 0.1) is 5.41 Å². The first-order valence-electron chi connectivity index (χ1n) is 8.33. The molecule has 1 aromatic carbocycles. The van der Waals surface area contributed by atoms with E-state index in [-0.39, 0.29) is 23.6 Å². The van der Waals surface area contributed by atoms with Gasteiger partial charge in [0.15, 0.2) is 11.6 Å². The number of halogens is 2. The molecule has 5 nitrogen and oxygen atoms in total. The fourth-order valence-electron chi connectivity index (χ4n) is 3.97. The Balaban J connectivity index is 2.06.